The number of ether oxygens (including phenoxy) is 1. The molecule has 1 aliphatic rings. The highest BCUT2D eigenvalue weighted by Gasteiger charge is 2.47. The molecule has 88 valence electrons. The van der Waals surface area contributed by atoms with Crippen molar-refractivity contribution in [3.63, 3.8) is 0 Å². The van der Waals surface area contributed by atoms with E-state index in [1.54, 1.807) is 0 Å². The molecule has 3 heteroatoms. The molecule has 1 atom stereocenters. The lowest BCUT2D eigenvalue weighted by Crippen LogP contribution is -2.56. The molecule has 1 unspecified atom stereocenters. The number of hydrogen-bond donors (Lipinski definition) is 1. The molecule has 3 nitrogen and oxygen atoms in total. The molecule has 0 aliphatic carbocycles. The molecule has 2 rings (SSSR count). The average Bonchev–Trinajstić information content (AvgIpc) is 2.23. The van der Waals surface area contributed by atoms with Crippen LogP contribution in [0.5, 0.6) is 0 Å². The van der Waals surface area contributed by atoms with Crippen molar-refractivity contribution in [3.8, 4) is 0 Å². The van der Waals surface area contributed by atoms with Gasteiger partial charge in [-0.1, -0.05) is 13.8 Å². The highest BCUT2D eigenvalue weighted by Crippen LogP contribution is 2.42. The molecule has 16 heavy (non-hydrogen) atoms. The molecule has 0 aromatic carbocycles. The maximum Gasteiger partial charge on any atom is 0.0588 e. The second kappa shape index (κ2) is 4.52. The summed E-state index contributed by atoms with van der Waals surface area (Å²) in [5, 5.41) is 0. The summed E-state index contributed by atoms with van der Waals surface area (Å²) in [6, 6.07) is 4.18. The van der Waals surface area contributed by atoms with Gasteiger partial charge in [0.1, 0.15) is 0 Å². The Bertz CT molecular complexity index is 333. The third kappa shape index (κ3) is 1.74. The van der Waals surface area contributed by atoms with Gasteiger partial charge < -0.3 is 10.5 Å². The van der Waals surface area contributed by atoms with Crippen molar-refractivity contribution in [2.45, 2.75) is 19.3 Å². The van der Waals surface area contributed by atoms with Crippen LogP contribution in [0.25, 0.3) is 0 Å². The normalized spacial score (nSPS) is 20.5. The molecule has 0 saturated carbocycles. The van der Waals surface area contributed by atoms with Gasteiger partial charge in [-0.25, -0.2) is 0 Å². The largest absolute Gasteiger partial charge is 0.379 e. The van der Waals surface area contributed by atoms with E-state index in [-0.39, 0.29) is 5.41 Å². The van der Waals surface area contributed by atoms with E-state index >= 15 is 0 Å². The molecule has 0 radical (unpaired) electrons. The summed E-state index contributed by atoms with van der Waals surface area (Å²) >= 11 is 0. The maximum atomic E-state index is 5.94. The minimum Gasteiger partial charge on any atom is -0.379 e. The molecular formula is C13H20N2O. The van der Waals surface area contributed by atoms with Crippen molar-refractivity contribution >= 4 is 0 Å². The molecule has 2 heterocycles. The minimum absolute atomic E-state index is 0.117. The molecule has 1 fully saturated rings. The van der Waals surface area contributed by atoms with Crippen molar-refractivity contribution in [3.05, 3.63) is 30.1 Å². The lowest BCUT2D eigenvalue weighted by molar-refractivity contribution is -0.0982. The van der Waals surface area contributed by atoms with Crippen molar-refractivity contribution in [1.29, 1.82) is 0 Å². The van der Waals surface area contributed by atoms with Gasteiger partial charge in [-0.3, -0.25) is 4.98 Å². The lowest BCUT2D eigenvalue weighted by atomic mass is 9.65. The Morgan fingerprint density at radius 3 is 2.38 bits per heavy atom. The van der Waals surface area contributed by atoms with Gasteiger partial charge in [0.25, 0.3) is 0 Å². The fourth-order valence-electron chi connectivity index (χ4n) is 2.74. The molecule has 0 amide bonds. The first kappa shape index (κ1) is 11.6. The molecule has 0 spiro atoms. The van der Waals surface area contributed by atoms with E-state index in [4.69, 9.17) is 10.5 Å². The Morgan fingerprint density at radius 1 is 1.38 bits per heavy atom. The first-order chi connectivity index (χ1) is 7.70. The molecule has 1 saturated heterocycles. The summed E-state index contributed by atoms with van der Waals surface area (Å²) in [6.07, 6.45) is 3.70. The fourth-order valence-corrected chi connectivity index (χ4v) is 2.74. The molecule has 2 N–H and O–H groups in total. The molecular weight excluding hydrogens is 200 g/mol. The Hall–Kier alpha value is -0.930. The van der Waals surface area contributed by atoms with Gasteiger partial charge in [-0.15, -0.1) is 0 Å². The van der Waals surface area contributed by atoms with Crippen LogP contribution < -0.4 is 5.73 Å². The van der Waals surface area contributed by atoms with Crippen LogP contribution in [-0.2, 0) is 10.2 Å². The summed E-state index contributed by atoms with van der Waals surface area (Å²) in [5.41, 5.74) is 7.37. The third-order valence-electron chi connectivity index (χ3n) is 3.74. The van der Waals surface area contributed by atoms with Gasteiger partial charge in [0.2, 0.25) is 0 Å². The second-order valence-corrected chi connectivity index (χ2v) is 4.97. The Balaban J connectivity index is 2.32. The van der Waals surface area contributed by atoms with Gasteiger partial charge in [-0.2, -0.15) is 0 Å². The first-order valence-corrected chi connectivity index (χ1v) is 5.89. The fraction of sp³-hybridized carbons (Fsp3) is 0.615. The van der Waals surface area contributed by atoms with E-state index in [9.17, 15) is 0 Å². The highest BCUT2D eigenvalue weighted by molar-refractivity contribution is 5.27. The molecule has 0 bridgehead atoms. The zero-order valence-corrected chi connectivity index (χ0v) is 10.0. The van der Waals surface area contributed by atoms with E-state index in [2.05, 4.69) is 31.0 Å². The molecule has 1 aliphatic heterocycles. The Labute approximate surface area is 97.0 Å². The van der Waals surface area contributed by atoms with Gasteiger partial charge in [0, 0.05) is 17.8 Å². The van der Waals surface area contributed by atoms with Gasteiger partial charge in [-0.05, 0) is 36.1 Å². The van der Waals surface area contributed by atoms with Crippen LogP contribution in [-0.4, -0.2) is 24.7 Å². The number of rotatable bonds is 4. The predicted octanol–water partition coefficient (Wildman–Crippen LogP) is 1.58. The first-order valence-electron chi connectivity index (χ1n) is 5.89. The quantitative estimate of drug-likeness (QED) is 0.838. The van der Waals surface area contributed by atoms with E-state index in [1.807, 2.05) is 12.4 Å². The van der Waals surface area contributed by atoms with E-state index < -0.39 is 0 Å². The average molecular weight is 220 g/mol. The Kier molecular flexibility index (Phi) is 3.26. The summed E-state index contributed by atoms with van der Waals surface area (Å²) < 4.78 is 5.45. The van der Waals surface area contributed by atoms with E-state index in [1.165, 1.54) is 5.56 Å². The Morgan fingerprint density at radius 2 is 2.00 bits per heavy atom. The van der Waals surface area contributed by atoms with Crippen LogP contribution in [0, 0.1) is 11.8 Å². The highest BCUT2D eigenvalue weighted by atomic mass is 16.5. The second-order valence-electron chi connectivity index (χ2n) is 4.97. The smallest absolute Gasteiger partial charge is 0.0588 e. The maximum absolute atomic E-state index is 5.94. The summed E-state index contributed by atoms with van der Waals surface area (Å²) in [4.78, 5) is 4.08. The summed E-state index contributed by atoms with van der Waals surface area (Å²) in [7, 11) is 0. The number of nitrogens with zero attached hydrogens (tertiary/aromatic N) is 1. The molecule has 1 aromatic heterocycles. The van der Waals surface area contributed by atoms with Gasteiger partial charge >= 0.3 is 0 Å². The zero-order chi connectivity index (χ0) is 11.6. The van der Waals surface area contributed by atoms with Crippen LogP contribution in [0.15, 0.2) is 24.5 Å². The van der Waals surface area contributed by atoms with Crippen LogP contribution in [0.1, 0.15) is 19.4 Å². The zero-order valence-electron chi connectivity index (χ0n) is 10.0. The number of aromatic nitrogens is 1. The van der Waals surface area contributed by atoms with Crippen LogP contribution in [0.2, 0.25) is 0 Å². The number of nitrogens with two attached hydrogens (primary N) is 1. The van der Waals surface area contributed by atoms with Crippen LogP contribution in [0.3, 0.4) is 0 Å². The van der Waals surface area contributed by atoms with E-state index in [0.717, 1.165) is 13.2 Å². The minimum atomic E-state index is 0.117. The van der Waals surface area contributed by atoms with Crippen molar-refractivity contribution in [2.24, 2.45) is 17.6 Å². The van der Waals surface area contributed by atoms with Crippen molar-refractivity contribution < 1.29 is 4.74 Å². The third-order valence-corrected chi connectivity index (χ3v) is 3.74. The van der Waals surface area contributed by atoms with E-state index in [0.29, 0.717) is 18.4 Å². The van der Waals surface area contributed by atoms with Crippen molar-refractivity contribution in [2.75, 3.05) is 19.8 Å². The lowest BCUT2D eigenvalue weighted by Gasteiger charge is -2.49. The predicted molar refractivity (Wildman–Crippen MR) is 64.1 cm³/mol. The SMILES string of the molecule is CC(C)C(CN)C1(c2ccncc2)COC1. The van der Waals surface area contributed by atoms with Gasteiger partial charge in [0.15, 0.2) is 0 Å². The molecule has 1 aromatic rings. The summed E-state index contributed by atoms with van der Waals surface area (Å²) in [6.45, 7) is 6.76. The van der Waals surface area contributed by atoms with Crippen LogP contribution in [0.4, 0.5) is 0 Å². The standard InChI is InChI=1S/C13H20N2O/c1-10(2)12(7-14)13(8-16-9-13)11-3-5-15-6-4-11/h3-6,10,12H,7-9,14H2,1-2H3. The van der Waals surface area contributed by atoms with Crippen LogP contribution >= 0.6 is 0 Å². The monoisotopic (exact) mass is 220 g/mol. The number of pyridine rings is 1. The summed E-state index contributed by atoms with van der Waals surface area (Å²) in [5.74, 6) is 1.05. The van der Waals surface area contributed by atoms with Crippen molar-refractivity contribution in [1.82, 2.24) is 4.98 Å². The van der Waals surface area contributed by atoms with Gasteiger partial charge in [0.05, 0.1) is 13.2 Å². The number of hydrogen-bond acceptors (Lipinski definition) is 3. The topological polar surface area (TPSA) is 48.1 Å².